The Morgan fingerprint density at radius 3 is 2.54 bits per heavy atom. The molecule has 2 aliphatic heterocycles. The van der Waals surface area contributed by atoms with Gasteiger partial charge in [0.2, 0.25) is 0 Å². The highest BCUT2D eigenvalue weighted by Crippen LogP contribution is 2.10. The van der Waals surface area contributed by atoms with Gasteiger partial charge in [0.25, 0.3) is 0 Å². The summed E-state index contributed by atoms with van der Waals surface area (Å²) in [6.45, 7) is 9.57. The van der Waals surface area contributed by atoms with Crippen LogP contribution in [0.2, 0.25) is 0 Å². The third-order valence-corrected chi connectivity index (χ3v) is 5.40. The smallest absolute Gasteiger partial charge is 0.191 e. The molecule has 2 aliphatic rings. The Kier molecular flexibility index (Phi) is 11.1. The minimum Gasteiger partial charge on any atom is -0.376 e. The van der Waals surface area contributed by atoms with Crippen molar-refractivity contribution in [3.8, 4) is 0 Å². The molecule has 0 amide bonds. The van der Waals surface area contributed by atoms with Gasteiger partial charge in [0.05, 0.1) is 6.10 Å². The molecule has 0 saturated carbocycles. The molecule has 0 radical (unpaired) electrons. The molecule has 6 nitrogen and oxygen atoms in total. The summed E-state index contributed by atoms with van der Waals surface area (Å²) in [5.41, 5.74) is 1.41. The van der Waals surface area contributed by atoms with Crippen LogP contribution in [0.3, 0.4) is 0 Å². The number of benzene rings is 1. The van der Waals surface area contributed by atoms with Gasteiger partial charge in [0.1, 0.15) is 0 Å². The van der Waals surface area contributed by atoms with Gasteiger partial charge in [-0.05, 0) is 31.4 Å². The van der Waals surface area contributed by atoms with Crippen molar-refractivity contribution in [3.05, 3.63) is 35.9 Å². The maximum absolute atomic E-state index is 5.64. The minimum absolute atomic E-state index is 0. The molecule has 1 atom stereocenters. The Balaban J connectivity index is 0.00000280. The van der Waals surface area contributed by atoms with Crippen LogP contribution in [-0.2, 0) is 11.3 Å². The van der Waals surface area contributed by atoms with E-state index in [-0.39, 0.29) is 24.0 Å². The quantitative estimate of drug-likeness (QED) is 0.248. The monoisotopic (exact) mass is 501 g/mol. The Bertz CT molecular complexity index is 557. The molecular weight excluding hydrogens is 465 g/mol. The first kappa shape index (κ1) is 23.4. The molecule has 0 bridgehead atoms. The van der Waals surface area contributed by atoms with Crippen LogP contribution in [0.5, 0.6) is 0 Å². The molecule has 2 N–H and O–H groups in total. The lowest BCUT2D eigenvalue weighted by Crippen LogP contribution is -2.47. The predicted octanol–water partition coefficient (Wildman–Crippen LogP) is 2.16. The number of guanidine groups is 1. The molecule has 0 spiro atoms. The third-order valence-electron chi connectivity index (χ3n) is 5.40. The second-order valence-corrected chi connectivity index (χ2v) is 7.47. The van der Waals surface area contributed by atoms with Gasteiger partial charge in [-0.15, -0.1) is 24.0 Å². The number of nitrogens with one attached hydrogen (secondary N) is 2. The predicted molar refractivity (Wildman–Crippen MR) is 127 cm³/mol. The molecule has 2 saturated heterocycles. The summed E-state index contributed by atoms with van der Waals surface area (Å²) in [4.78, 5) is 9.43. The van der Waals surface area contributed by atoms with Crippen molar-refractivity contribution in [1.29, 1.82) is 0 Å². The van der Waals surface area contributed by atoms with Crippen molar-refractivity contribution in [3.63, 3.8) is 0 Å². The fourth-order valence-corrected chi connectivity index (χ4v) is 3.76. The van der Waals surface area contributed by atoms with Crippen LogP contribution in [0.15, 0.2) is 35.3 Å². The molecule has 1 aromatic carbocycles. The van der Waals surface area contributed by atoms with E-state index in [4.69, 9.17) is 4.74 Å². The number of ether oxygens (including phenoxy) is 1. The highest BCUT2D eigenvalue weighted by atomic mass is 127. The molecular formula is C21H36IN5O. The number of piperazine rings is 1. The average Bonchev–Trinajstić information content (AvgIpc) is 3.23. The fraction of sp³-hybridized carbons (Fsp3) is 0.667. The van der Waals surface area contributed by atoms with Crippen molar-refractivity contribution in [1.82, 2.24) is 20.4 Å². The fourth-order valence-electron chi connectivity index (χ4n) is 3.76. The summed E-state index contributed by atoms with van der Waals surface area (Å²) >= 11 is 0. The number of nitrogens with zero attached hydrogens (tertiary/aromatic N) is 3. The molecule has 0 aromatic heterocycles. The van der Waals surface area contributed by atoms with Gasteiger partial charge in [0, 0.05) is 59.5 Å². The van der Waals surface area contributed by atoms with Gasteiger partial charge in [-0.25, -0.2) is 0 Å². The molecule has 158 valence electrons. The minimum atomic E-state index is 0. The van der Waals surface area contributed by atoms with Crippen LogP contribution in [0, 0.1) is 0 Å². The van der Waals surface area contributed by atoms with E-state index >= 15 is 0 Å². The lowest BCUT2D eigenvalue weighted by atomic mass is 10.2. The summed E-state index contributed by atoms with van der Waals surface area (Å²) in [6, 6.07) is 10.8. The second-order valence-electron chi connectivity index (χ2n) is 7.47. The van der Waals surface area contributed by atoms with Crippen molar-refractivity contribution in [2.75, 3.05) is 59.5 Å². The number of aliphatic imine (C=N–C) groups is 1. The summed E-state index contributed by atoms with van der Waals surface area (Å²) in [5, 5.41) is 6.79. The molecule has 1 aromatic rings. The van der Waals surface area contributed by atoms with Crippen molar-refractivity contribution < 1.29 is 4.74 Å². The van der Waals surface area contributed by atoms with Crippen LogP contribution in [0.4, 0.5) is 0 Å². The average molecular weight is 501 g/mol. The van der Waals surface area contributed by atoms with E-state index in [1.165, 1.54) is 25.1 Å². The summed E-state index contributed by atoms with van der Waals surface area (Å²) in [7, 11) is 1.83. The van der Waals surface area contributed by atoms with Gasteiger partial charge in [-0.3, -0.25) is 9.89 Å². The molecule has 1 unspecified atom stereocenters. The molecule has 0 aliphatic carbocycles. The van der Waals surface area contributed by atoms with Crippen LogP contribution in [-0.4, -0.2) is 81.3 Å². The van der Waals surface area contributed by atoms with E-state index in [2.05, 4.69) is 55.8 Å². The zero-order chi connectivity index (χ0) is 18.7. The summed E-state index contributed by atoms with van der Waals surface area (Å²) < 4.78 is 5.64. The summed E-state index contributed by atoms with van der Waals surface area (Å²) in [6.07, 6.45) is 3.81. The Hall–Kier alpha value is -0.900. The maximum atomic E-state index is 5.64. The zero-order valence-corrected chi connectivity index (χ0v) is 19.4. The van der Waals surface area contributed by atoms with Crippen LogP contribution in [0.1, 0.15) is 24.8 Å². The van der Waals surface area contributed by atoms with Crippen molar-refractivity contribution in [2.45, 2.75) is 31.9 Å². The maximum Gasteiger partial charge on any atom is 0.191 e. The Labute approximate surface area is 187 Å². The number of halogens is 1. The highest BCUT2D eigenvalue weighted by molar-refractivity contribution is 14.0. The van der Waals surface area contributed by atoms with E-state index in [0.29, 0.717) is 6.10 Å². The number of hydrogen-bond donors (Lipinski definition) is 2. The standard InChI is InChI=1S/C21H35N5O.HI/c1-22-21(24-17-20-9-5-16-27-20)23-10-6-11-25-12-14-26(15-13-25)18-19-7-3-2-4-8-19;/h2-4,7-8,20H,5-6,9-18H2,1H3,(H2,22,23,24);1H. The molecule has 7 heteroatoms. The largest absolute Gasteiger partial charge is 0.376 e. The van der Waals surface area contributed by atoms with Gasteiger partial charge < -0.3 is 20.3 Å². The summed E-state index contributed by atoms with van der Waals surface area (Å²) in [5.74, 6) is 0.887. The van der Waals surface area contributed by atoms with Gasteiger partial charge in [-0.2, -0.15) is 0 Å². The number of hydrogen-bond acceptors (Lipinski definition) is 4. The zero-order valence-electron chi connectivity index (χ0n) is 17.1. The van der Waals surface area contributed by atoms with Gasteiger partial charge >= 0.3 is 0 Å². The molecule has 2 heterocycles. The van der Waals surface area contributed by atoms with Crippen LogP contribution >= 0.6 is 24.0 Å². The van der Waals surface area contributed by atoms with E-state index in [1.54, 1.807) is 0 Å². The normalized spacial score (nSPS) is 21.3. The van der Waals surface area contributed by atoms with Crippen molar-refractivity contribution in [2.24, 2.45) is 4.99 Å². The molecule has 3 rings (SSSR count). The topological polar surface area (TPSA) is 52.1 Å². The highest BCUT2D eigenvalue weighted by Gasteiger charge is 2.17. The van der Waals surface area contributed by atoms with E-state index in [0.717, 1.165) is 64.7 Å². The lowest BCUT2D eigenvalue weighted by molar-refractivity contribution is 0.113. The van der Waals surface area contributed by atoms with Crippen LogP contribution in [0.25, 0.3) is 0 Å². The van der Waals surface area contributed by atoms with E-state index in [1.807, 2.05) is 7.05 Å². The van der Waals surface area contributed by atoms with E-state index < -0.39 is 0 Å². The van der Waals surface area contributed by atoms with E-state index in [9.17, 15) is 0 Å². The first-order chi connectivity index (χ1) is 13.3. The Morgan fingerprint density at radius 1 is 1.11 bits per heavy atom. The molecule has 2 fully saturated rings. The first-order valence-corrected chi connectivity index (χ1v) is 10.4. The van der Waals surface area contributed by atoms with Crippen LogP contribution < -0.4 is 10.6 Å². The third kappa shape index (κ3) is 8.23. The van der Waals surface area contributed by atoms with Gasteiger partial charge in [-0.1, -0.05) is 30.3 Å². The lowest BCUT2D eigenvalue weighted by Gasteiger charge is -2.34. The Morgan fingerprint density at radius 2 is 1.86 bits per heavy atom. The van der Waals surface area contributed by atoms with Crippen molar-refractivity contribution >= 4 is 29.9 Å². The van der Waals surface area contributed by atoms with Gasteiger partial charge in [0.15, 0.2) is 5.96 Å². The molecule has 28 heavy (non-hydrogen) atoms. The SMILES string of the molecule is CN=C(NCCCN1CCN(Cc2ccccc2)CC1)NCC1CCCO1.I. The number of rotatable bonds is 8. The first-order valence-electron chi connectivity index (χ1n) is 10.4. The second kappa shape index (κ2) is 13.3.